The molecule has 0 heterocycles. The fourth-order valence-corrected chi connectivity index (χ4v) is 4.16. The Kier molecular flexibility index (Phi) is 3.12. The minimum atomic E-state index is 0.252. The van der Waals surface area contributed by atoms with Gasteiger partial charge in [-0.3, -0.25) is 4.79 Å². The molecule has 0 spiro atoms. The van der Waals surface area contributed by atoms with Crippen molar-refractivity contribution in [2.24, 2.45) is 17.8 Å². The van der Waals surface area contributed by atoms with Crippen molar-refractivity contribution in [3.63, 3.8) is 0 Å². The number of rotatable bonds is 2. The lowest BCUT2D eigenvalue weighted by molar-refractivity contribution is -0.121. The van der Waals surface area contributed by atoms with Crippen LogP contribution in [0.15, 0.2) is 12.1 Å². The lowest BCUT2D eigenvalue weighted by Crippen LogP contribution is -2.27. The first-order chi connectivity index (χ1) is 9.04. The number of carbonyl (C=O) groups is 1. The molecular formula is C17H23NO. The molecule has 0 radical (unpaired) electrons. The summed E-state index contributed by atoms with van der Waals surface area (Å²) in [5.74, 6) is 1.98. The van der Waals surface area contributed by atoms with Gasteiger partial charge in [0.15, 0.2) is 0 Å². The van der Waals surface area contributed by atoms with Crippen LogP contribution in [0.5, 0.6) is 0 Å². The van der Waals surface area contributed by atoms with E-state index in [1.54, 1.807) is 0 Å². The van der Waals surface area contributed by atoms with Crippen molar-refractivity contribution in [1.29, 1.82) is 0 Å². The van der Waals surface area contributed by atoms with Gasteiger partial charge in [0.2, 0.25) is 5.91 Å². The molecule has 2 fully saturated rings. The van der Waals surface area contributed by atoms with E-state index in [2.05, 4.69) is 38.2 Å². The zero-order chi connectivity index (χ0) is 13.6. The zero-order valence-electron chi connectivity index (χ0n) is 12.1. The van der Waals surface area contributed by atoms with Crippen LogP contribution in [-0.2, 0) is 4.79 Å². The van der Waals surface area contributed by atoms with E-state index in [-0.39, 0.29) is 11.8 Å². The van der Waals surface area contributed by atoms with Crippen LogP contribution in [0.1, 0.15) is 42.4 Å². The van der Waals surface area contributed by atoms with Crippen molar-refractivity contribution in [2.75, 3.05) is 5.32 Å². The topological polar surface area (TPSA) is 29.1 Å². The molecule has 19 heavy (non-hydrogen) atoms. The van der Waals surface area contributed by atoms with Crippen molar-refractivity contribution >= 4 is 11.6 Å². The molecule has 0 saturated heterocycles. The molecule has 0 aromatic heterocycles. The first-order valence-electron chi connectivity index (χ1n) is 7.43. The predicted octanol–water partition coefficient (Wildman–Crippen LogP) is 3.99. The lowest BCUT2D eigenvalue weighted by Gasteiger charge is -2.22. The largest absolute Gasteiger partial charge is 0.325 e. The molecule has 1 N–H and O–H groups in total. The van der Waals surface area contributed by atoms with Gasteiger partial charge in [0.05, 0.1) is 0 Å². The fourth-order valence-electron chi connectivity index (χ4n) is 4.16. The number of benzene rings is 1. The maximum Gasteiger partial charge on any atom is 0.227 e. The highest BCUT2D eigenvalue weighted by Gasteiger charge is 2.43. The highest BCUT2D eigenvalue weighted by atomic mass is 16.1. The van der Waals surface area contributed by atoms with Gasteiger partial charge in [-0.05, 0) is 63.0 Å². The van der Waals surface area contributed by atoms with Gasteiger partial charge in [-0.2, -0.15) is 0 Å². The van der Waals surface area contributed by atoms with Gasteiger partial charge in [-0.15, -0.1) is 0 Å². The standard InChI is InChI=1S/C17H23NO/c1-10-6-11(2)16(12(3)7-10)18-17(19)15-9-13-4-5-14(15)8-13/h6-7,13-15H,4-5,8-9H2,1-3H3,(H,18,19)/t13-,14+,15?/m1/s1. The van der Waals surface area contributed by atoms with Crippen LogP contribution >= 0.6 is 0 Å². The number of hydrogen-bond acceptors (Lipinski definition) is 1. The Morgan fingerprint density at radius 3 is 2.32 bits per heavy atom. The second kappa shape index (κ2) is 4.66. The number of aryl methyl sites for hydroxylation is 3. The molecule has 3 atom stereocenters. The number of anilines is 1. The monoisotopic (exact) mass is 257 g/mol. The Morgan fingerprint density at radius 1 is 1.11 bits per heavy atom. The van der Waals surface area contributed by atoms with Crippen molar-refractivity contribution in [1.82, 2.24) is 0 Å². The molecule has 2 saturated carbocycles. The van der Waals surface area contributed by atoms with E-state index in [9.17, 15) is 4.79 Å². The summed E-state index contributed by atoms with van der Waals surface area (Å²) in [6.45, 7) is 6.26. The quantitative estimate of drug-likeness (QED) is 0.853. The maximum atomic E-state index is 12.5. The Hall–Kier alpha value is -1.31. The highest BCUT2D eigenvalue weighted by Crippen LogP contribution is 2.48. The van der Waals surface area contributed by atoms with Crippen LogP contribution < -0.4 is 5.32 Å². The fraction of sp³-hybridized carbons (Fsp3) is 0.588. The second-order valence-electron chi connectivity index (χ2n) is 6.54. The van der Waals surface area contributed by atoms with Gasteiger partial charge < -0.3 is 5.32 Å². The van der Waals surface area contributed by atoms with Gasteiger partial charge in [0, 0.05) is 11.6 Å². The predicted molar refractivity (Wildman–Crippen MR) is 78.2 cm³/mol. The number of hydrogen-bond donors (Lipinski definition) is 1. The summed E-state index contributed by atoms with van der Waals surface area (Å²) in [4.78, 5) is 12.5. The summed E-state index contributed by atoms with van der Waals surface area (Å²) in [6, 6.07) is 4.28. The molecule has 1 aromatic carbocycles. The summed E-state index contributed by atoms with van der Waals surface area (Å²) >= 11 is 0. The van der Waals surface area contributed by atoms with E-state index in [1.165, 1.54) is 36.0 Å². The number of carbonyl (C=O) groups excluding carboxylic acids is 1. The number of amides is 1. The molecule has 1 amide bonds. The molecule has 2 nitrogen and oxygen atoms in total. The number of nitrogens with one attached hydrogen (secondary N) is 1. The molecule has 102 valence electrons. The summed E-state index contributed by atoms with van der Waals surface area (Å²) in [5, 5.41) is 3.19. The SMILES string of the molecule is Cc1cc(C)c(NC(=O)C2C[C@@H]3CC[C@H]2C3)c(C)c1. The van der Waals surface area contributed by atoms with Crippen LogP contribution in [0, 0.1) is 38.5 Å². The van der Waals surface area contributed by atoms with Crippen LogP contribution in [0.2, 0.25) is 0 Å². The first kappa shape index (κ1) is 12.7. The molecule has 0 aliphatic heterocycles. The Morgan fingerprint density at radius 2 is 1.79 bits per heavy atom. The molecule has 2 aliphatic rings. The zero-order valence-corrected chi connectivity index (χ0v) is 12.1. The molecule has 3 rings (SSSR count). The van der Waals surface area contributed by atoms with E-state index in [0.29, 0.717) is 5.92 Å². The summed E-state index contributed by atoms with van der Waals surface area (Å²) in [7, 11) is 0. The third-order valence-electron chi connectivity index (χ3n) is 5.00. The minimum Gasteiger partial charge on any atom is -0.325 e. The Bertz CT molecular complexity index is 497. The Balaban J connectivity index is 1.77. The summed E-state index contributed by atoms with van der Waals surface area (Å²) in [5.41, 5.74) is 4.63. The van der Waals surface area contributed by atoms with Gasteiger partial charge in [-0.25, -0.2) is 0 Å². The lowest BCUT2D eigenvalue weighted by atomic mass is 9.88. The molecule has 2 bridgehead atoms. The van der Waals surface area contributed by atoms with Crippen molar-refractivity contribution in [3.05, 3.63) is 28.8 Å². The normalized spacial score (nSPS) is 28.7. The summed E-state index contributed by atoms with van der Waals surface area (Å²) in [6.07, 6.45) is 5.00. The molecule has 1 unspecified atom stereocenters. The molecule has 2 aliphatic carbocycles. The van der Waals surface area contributed by atoms with Crippen LogP contribution in [0.3, 0.4) is 0 Å². The maximum absolute atomic E-state index is 12.5. The van der Waals surface area contributed by atoms with E-state index in [0.717, 1.165) is 18.0 Å². The van der Waals surface area contributed by atoms with Gasteiger partial charge in [0.1, 0.15) is 0 Å². The van der Waals surface area contributed by atoms with Crippen LogP contribution in [-0.4, -0.2) is 5.91 Å². The van der Waals surface area contributed by atoms with E-state index >= 15 is 0 Å². The average Bonchev–Trinajstić information content (AvgIpc) is 2.95. The molecule has 2 heteroatoms. The average molecular weight is 257 g/mol. The first-order valence-corrected chi connectivity index (χ1v) is 7.43. The van der Waals surface area contributed by atoms with Gasteiger partial charge >= 0.3 is 0 Å². The highest BCUT2D eigenvalue weighted by molar-refractivity contribution is 5.94. The van der Waals surface area contributed by atoms with Crippen molar-refractivity contribution in [3.8, 4) is 0 Å². The number of fused-ring (bicyclic) bond motifs is 2. The van der Waals surface area contributed by atoms with E-state index in [1.807, 2.05) is 0 Å². The van der Waals surface area contributed by atoms with Gasteiger partial charge in [-0.1, -0.05) is 24.1 Å². The van der Waals surface area contributed by atoms with Crippen molar-refractivity contribution in [2.45, 2.75) is 46.5 Å². The third-order valence-corrected chi connectivity index (χ3v) is 5.00. The molecule has 1 aromatic rings. The van der Waals surface area contributed by atoms with Crippen LogP contribution in [0.25, 0.3) is 0 Å². The van der Waals surface area contributed by atoms with E-state index in [4.69, 9.17) is 0 Å². The minimum absolute atomic E-state index is 0.252. The summed E-state index contributed by atoms with van der Waals surface area (Å²) < 4.78 is 0. The smallest absolute Gasteiger partial charge is 0.227 e. The Labute approximate surface area is 115 Å². The van der Waals surface area contributed by atoms with Gasteiger partial charge in [0.25, 0.3) is 0 Å². The van der Waals surface area contributed by atoms with Crippen molar-refractivity contribution < 1.29 is 4.79 Å². The second-order valence-corrected chi connectivity index (χ2v) is 6.54. The van der Waals surface area contributed by atoms with Crippen LogP contribution in [0.4, 0.5) is 5.69 Å². The molecular weight excluding hydrogens is 234 g/mol. The van der Waals surface area contributed by atoms with E-state index < -0.39 is 0 Å². The third kappa shape index (κ3) is 2.29.